The van der Waals surface area contributed by atoms with Gasteiger partial charge in [-0.2, -0.15) is 5.10 Å². The first-order chi connectivity index (χ1) is 7.30. The van der Waals surface area contributed by atoms with Crippen LogP contribution in [0.1, 0.15) is 0 Å². The largest absolute Gasteiger partial charge is 0.480 e. The fourth-order valence-electron chi connectivity index (χ4n) is 0.953. The molecule has 0 spiro atoms. The first-order valence-electron chi connectivity index (χ1n) is 3.89. The number of nitro groups is 1. The van der Waals surface area contributed by atoms with Crippen molar-refractivity contribution in [3.63, 3.8) is 0 Å². The van der Waals surface area contributed by atoms with Gasteiger partial charge in [0.05, 0.1) is 4.92 Å². The van der Waals surface area contributed by atoms with Crippen LogP contribution in [0.3, 0.4) is 0 Å². The predicted octanol–water partition coefficient (Wildman–Crippen LogP) is -0.752. The van der Waals surface area contributed by atoms with Gasteiger partial charge >= 0.3 is 11.7 Å². The summed E-state index contributed by atoms with van der Waals surface area (Å²) in [5, 5.41) is 22.0. The molecule has 9 nitrogen and oxygen atoms in total. The zero-order valence-corrected chi connectivity index (χ0v) is 8.62. The van der Waals surface area contributed by atoms with E-state index in [-0.39, 0.29) is 5.69 Å². The molecule has 1 aromatic rings. The lowest BCUT2D eigenvalue weighted by Crippen LogP contribution is -2.20. The van der Waals surface area contributed by atoms with Crippen LogP contribution in [0.4, 0.5) is 5.69 Å². The maximum Gasteiger partial charge on any atom is 0.318 e. The SMILES string of the molecule is O=C(O)CS(=O)(=O)Cn1cc([N+](=O)[O-])cn1. The Bertz CT molecular complexity index is 518. The Hall–Kier alpha value is -1.97. The van der Waals surface area contributed by atoms with Gasteiger partial charge in [0.2, 0.25) is 0 Å². The van der Waals surface area contributed by atoms with Crippen molar-refractivity contribution in [3.8, 4) is 0 Å². The molecule has 1 aromatic heterocycles. The van der Waals surface area contributed by atoms with Crippen molar-refractivity contribution in [3.05, 3.63) is 22.5 Å². The number of aliphatic carboxylic acids is 1. The van der Waals surface area contributed by atoms with Gasteiger partial charge in [0.25, 0.3) is 0 Å². The van der Waals surface area contributed by atoms with Gasteiger partial charge in [-0.25, -0.2) is 8.42 Å². The van der Waals surface area contributed by atoms with E-state index in [1.165, 1.54) is 0 Å². The lowest BCUT2D eigenvalue weighted by atomic mass is 10.6. The highest BCUT2D eigenvalue weighted by atomic mass is 32.2. The fraction of sp³-hybridized carbons (Fsp3) is 0.333. The first-order valence-corrected chi connectivity index (χ1v) is 5.71. The minimum Gasteiger partial charge on any atom is -0.480 e. The number of sulfone groups is 1. The number of carboxylic acid groups (broad SMARTS) is 1. The number of aromatic nitrogens is 2. The molecule has 0 radical (unpaired) electrons. The fourth-order valence-corrected chi connectivity index (χ4v) is 1.96. The molecular formula is C6H7N3O6S. The van der Waals surface area contributed by atoms with Crippen molar-refractivity contribution in [2.45, 2.75) is 5.88 Å². The Kier molecular flexibility index (Phi) is 3.22. The standard InChI is InChI=1S/C6H7N3O6S/c10-6(11)3-16(14,15)4-8-2-5(1-7-8)9(12)13/h1-2H,3-4H2,(H,10,11). The molecule has 0 saturated carbocycles. The van der Waals surface area contributed by atoms with Crippen molar-refractivity contribution in [1.29, 1.82) is 0 Å². The van der Waals surface area contributed by atoms with Crippen LogP contribution in [0.5, 0.6) is 0 Å². The molecule has 1 N–H and O–H groups in total. The first kappa shape index (κ1) is 12.1. The normalized spacial score (nSPS) is 11.2. The summed E-state index contributed by atoms with van der Waals surface area (Å²) in [5.74, 6) is -3.23. The molecule has 1 rings (SSSR count). The van der Waals surface area contributed by atoms with Crippen LogP contribution in [0.25, 0.3) is 0 Å². The van der Waals surface area contributed by atoms with Crippen LogP contribution >= 0.6 is 0 Å². The minimum atomic E-state index is -3.87. The van der Waals surface area contributed by atoms with E-state index in [0.29, 0.717) is 0 Å². The molecule has 0 aliphatic carbocycles. The van der Waals surface area contributed by atoms with Crippen LogP contribution in [0, 0.1) is 10.1 Å². The molecule has 0 fully saturated rings. The van der Waals surface area contributed by atoms with Gasteiger partial charge in [-0.1, -0.05) is 0 Å². The highest BCUT2D eigenvalue weighted by molar-refractivity contribution is 7.91. The smallest absolute Gasteiger partial charge is 0.318 e. The summed E-state index contributed by atoms with van der Waals surface area (Å²) in [7, 11) is -3.87. The van der Waals surface area contributed by atoms with Gasteiger partial charge in [0.15, 0.2) is 9.84 Å². The lowest BCUT2D eigenvalue weighted by molar-refractivity contribution is -0.385. The zero-order chi connectivity index (χ0) is 12.3. The molecule has 1 heterocycles. The second kappa shape index (κ2) is 4.26. The third-order valence-corrected chi connectivity index (χ3v) is 2.85. The molecule has 0 bridgehead atoms. The third kappa shape index (κ3) is 3.31. The molecule has 0 aromatic carbocycles. The average Bonchev–Trinajstić information content (AvgIpc) is 2.48. The average molecular weight is 249 g/mol. The molecular weight excluding hydrogens is 242 g/mol. The number of rotatable bonds is 5. The molecule has 0 aliphatic rings. The number of carbonyl (C=O) groups is 1. The lowest BCUT2D eigenvalue weighted by Gasteiger charge is -2.00. The van der Waals surface area contributed by atoms with Crippen LogP contribution in [-0.4, -0.2) is 40.0 Å². The quantitative estimate of drug-likeness (QED) is 0.536. The Labute approximate surface area is 89.4 Å². The van der Waals surface area contributed by atoms with Crippen molar-refractivity contribution in [1.82, 2.24) is 9.78 Å². The molecule has 0 amide bonds. The van der Waals surface area contributed by atoms with Crippen LogP contribution < -0.4 is 0 Å². The molecule has 0 saturated heterocycles. The summed E-state index contributed by atoms with van der Waals surface area (Å²) < 4.78 is 23.2. The van der Waals surface area contributed by atoms with Crippen LogP contribution in [0.2, 0.25) is 0 Å². The van der Waals surface area contributed by atoms with Crippen molar-refractivity contribution >= 4 is 21.5 Å². The van der Waals surface area contributed by atoms with E-state index in [1.54, 1.807) is 0 Å². The van der Waals surface area contributed by atoms with E-state index >= 15 is 0 Å². The molecule has 0 atom stereocenters. The van der Waals surface area contributed by atoms with Crippen molar-refractivity contribution < 1.29 is 23.2 Å². The predicted molar refractivity (Wildman–Crippen MR) is 50.3 cm³/mol. The highest BCUT2D eigenvalue weighted by Crippen LogP contribution is 2.08. The number of nitrogens with zero attached hydrogens (tertiary/aromatic N) is 3. The Morgan fingerprint density at radius 3 is 2.69 bits per heavy atom. The van der Waals surface area contributed by atoms with Gasteiger partial charge in [0.1, 0.15) is 24.0 Å². The van der Waals surface area contributed by atoms with E-state index in [0.717, 1.165) is 17.1 Å². The number of carboxylic acids is 1. The molecule has 0 unspecified atom stereocenters. The summed E-state index contributed by atoms with van der Waals surface area (Å²) in [6, 6.07) is 0. The van der Waals surface area contributed by atoms with Gasteiger partial charge in [-0.15, -0.1) is 0 Å². The van der Waals surface area contributed by atoms with E-state index in [2.05, 4.69) is 5.10 Å². The van der Waals surface area contributed by atoms with E-state index < -0.39 is 32.4 Å². The van der Waals surface area contributed by atoms with Gasteiger partial charge in [0, 0.05) is 0 Å². The highest BCUT2D eigenvalue weighted by Gasteiger charge is 2.18. The molecule has 10 heteroatoms. The Balaban J connectivity index is 2.80. The van der Waals surface area contributed by atoms with Crippen LogP contribution in [0.15, 0.2) is 12.4 Å². The third-order valence-electron chi connectivity index (χ3n) is 1.50. The van der Waals surface area contributed by atoms with Gasteiger partial charge < -0.3 is 5.11 Å². The monoisotopic (exact) mass is 249 g/mol. The van der Waals surface area contributed by atoms with Crippen molar-refractivity contribution in [2.24, 2.45) is 0 Å². The van der Waals surface area contributed by atoms with Gasteiger partial charge in [-0.05, 0) is 0 Å². The Morgan fingerprint density at radius 2 is 2.25 bits per heavy atom. The molecule has 88 valence electrons. The summed E-state index contributed by atoms with van der Waals surface area (Å²) in [5.41, 5.74) is -0.356. The molecule has 0 aliphatic heterocycles. The van der Waals surface area contributed by atoms with E-state index in [9.17, 15) is 23.3 Å². The minimum absolute atomic E-state index is 0.356. The maximum atomic E-state index is 11.2. The zero-order valence-electron chi connectivity index (χ0n) is 7.81. The second-order valence-corrected chi connectivity index (χ2v) is 4.94. The number of hydrogen-bond donors (Lipinski definition) is 1. The van der Waals surface area contributed by atoms with Gasteiger partial charge in [-0.3, -0.25) is 19.6 Å². The second-order valence-electron chi connectivity index (χ2n) is 2.91. The summed E-state index contributed by atoms with van der Waals surface area (Å²) in [4.78, 5) is 19.7. The summed E-state index contributed by atoms with van der Waals surface area (Å²) in [6.07, 6.45) is 1.80. The summed E-state index contributed by atoms with van der Waals surface area (Å²) in [6.45, 7) is 0. The van der Waals surface area contributed by atoms with Crippen molar-refractivity contribution in [2.75, 3.05) is 5.75 Å². The Morgan fingerprint density at radius 1 is 1.62 bits per heavy atom. The maximum absolute atomic E-state index is 11.2. The topological polar surface area (TPSA) is 132 Å². The van der Waals surface area contributed by atoms with Crippen LogP contribution in [-0.2, 0) is 20.5 Å². The number of hydrogen-bond acceptors (Lipinski definition) is 6. The molecule has 16 heavy (non-hydrogen) atoms. The van der Waals surface area contributed by atoms with E-state index in [1.807, 2.05) is 0 Å². The van der Waals surface area contributed by atoms with E-state index in [4.69, 9.17) is 5.11 Å². The summed E-state index contributed by atoms with van der Waals surface area (Å²) >= 11 is 0.